The highest BCUT2D eigenvalue weighted by molar-refractivity contribution is 6.30. The molecule has 2 N–H and O–H groups in total. The Morgan fingerprint density at radius 2 is 1.79 bits per heavy atom. The molecule has 2 aromatic carbocycles. The van der Waals surface area contributed by atoms with Gasteiger partial charge in [-0.05, 0) is 37.1 Å². The number of rotatable bonds is 4. The van der Waals surface area contributed by atoms with Gasteiger partial charge >= 0.3 is 6.03 Å². The maximum Gasteiger partial charge on any atom is 0.329 e. The maximum absolute atomic E-state index is 13.1. The highest BCUT2D eigenvalue weighted by atomic mass is 35.5. The minimum atomic E-state index is -1.00. The van der Waals surface area contributed by atoms with E-state index in [0.717, 1.165) is 42.5 Å². The van der Waals surface area contributed by atoms with Crippen LogP contribution >= 0.6 is 11.6 Å². The summed E-state index contributed by atoms with van der Waals surface area (Å²) in [4.78, 5) is 30.6. The minimum absolute atomic E-state index is 0.186. The minimum Gasteiger partial charge on any atom is -0.360 e. The smallest absolute Gasteiger partial charge is 0.329 e. The van der Waals surface area contributed by atoms with Crippen LogP contribution in [0, 0.1) is 6.92 Å². The molecular weight excluding hydrogens is 388 g/mol. The zero-order valence-corrected chi connectivity index (χ0v) is 17.5. The zero-order valence-electron chi connectivity index (χ0n) is 16.7. The van der Waals surface area contributed by atoms with Crippen LogP contribution in [0.4, 0.5) is 10.5 Å². The van der Waals surface area contributed by atoms with E-state index < -0.39 is 5.54 Å². The number of hydrogen-bond donors (Lipinski definition) is 2. The summed E-state index contributed by atoms with van der Waals surface area (Å²) < 4.78 is 0. The Morgan fingerprint density at radius 1 is 1.10 bits per heavy atom. The Bertz CT molecular complexity index is 928. The van der Waals surface area contributed by atoms with E-state index in [2.05, 4.69) is 17.1 Å². The largest absolute Gasteiger partial charge is 0.360 e. The first kappa shape index (κ1) is 19.7. The molecule has 29 heavy (non-hydrogen) atoms. The monoisotopic (exact) mass is 413 g/mol. The normalized spacial score (nSPS) is 22.9. The predicted octanol–water partition coefficient (Wildman–Crippen LogP) is 1.78. The van der Waals surface area contributed by atoms with Gasteiger partial charge in [0.05, 0.1) is 26.2 Å². The fourth-order valence-electron chi connectivity index (χ4n) is 4.18. The first-order valence-electron chi connectivity index (χ1n) is 9.93. The zero-order chi connectivity index (χ0) is 20.6. The number of anilines is 1. The third-order valence-corrected chi connectivity index (χ3v) is 6.23. The van der Waals surface area contributed by atoms with Gasteiger partial charge in [-0.2, -0.15) is 0 Å². The van der Waals surface area contributed by atoms with Gasteiger partial charge in [0, 0.05) is 10.7 Å². The number of nitrogens with zero attached hydrogens (tertiary/aromatic N) is 2. The number of benzene rings is 2. The number of nitrogens with one attached hydrogen (secondary N) is 2. The predicted molar refractivity (Wildman–Crippen MR) is 113 cm³/mol. The van der Waals surface area contributed by atoms with Crippen molar-refractivity contribution in [1.82, 2.24) is 10.2 Å². The van der Waals surface area contributed by atoms with Crippen molar-refractivity contribution in [3.8, 4) is 0 Å². The Morgan fingerprint density at radius 3 is 2.48 bits per heavy atom. The summed E-state index contributed by atoms with van der Waals surface area (Å²) in [7, 11) is 0. The van der Waals surface area contributed by atoms with Gasteiger partial charge < -0.3 is 15.1 Å². The quantitative estimate of drug-likeness (QED) is 0.751. The number of piperazine rings is 1. The molecule has 2 saturated heterocycles. The molecule has 0 aromatic heterocycles. The summed E-state index contributed by atoms with van der Waals surface area (Å²) in [6, 6.07) is 15.0. The Balaban J connectivity index is 1.41. The van der Waals surface area contributed by atoms with Crippen molar-refractivity contribution in [2.45, 2.75) is 19.4 Å². The lowest BCUT2D eigenvalue weighted by Crippen LogP contribution is -3.16. The Labute approximate surface area is 176 Å². The van der Waals surface area contributed by atoms with E-state index in [1.807, 2.05) is 48.5 Å². The molecule has 1 atom stereocenters. The SMILES string of the molecule is Cc1ccc(Cl)cc1N1CC[NH+](CN2C(=O)N[C@@](C)(c3ccccc3)C2=O)CC1. The molecular formula is C22H26ClN4O2+. The summed E-state index contributed by atoms with van der Waals surface area (Å²) in [6.45, 7) is 7.66. The van der Waals surface area contributed by atoms with Crippen molar-refractivity contribution in [2.75, 3.05) is 37.7 Å². The lowest BCUT2D eigenvalue weighted by molar-refractivity contribution is -0.907. The van der Waals surface area contributed by atoms with Crippen LogP contribution in [0.5, 0.6) is 0 Å². The van der Waals surface area contributed by atoms with Gasteiger partial charge in [0.25, 0.3) is 5.91 Å². The molecule has 2 aliphatic heterocycles. The fraction of sp³-hybridized carbons (Fsp3) is 0.364. The van der Waals surface area contributed by atoms with Crippen LogP contribution < -0.4 is 15.1 Å². The van der Waals surface area contributed by atoms with E-state index in [1.165, 1.54) is 15.4 Å². The topological polar surface area (TPSA) is 57.1 Å². The van der Waals surface area contributed by atoms with Crippen molar-refractivity contribution in [2.24, 2.45) is 0 Å². The average Bonchev–Trinajstić information content (AvgIpc) is 2.95. The van der Waals surface area contributed by atoms with Crippen LogP contribution in [0.3, 0.4) is 0 Å². The number of quaternary nitrogens is 1. The molecule has 152 valence electrons. The van der Waals surface area contributed by atoms with E-state index in [1.54, 1.807) is 6.92 Å². The number of aryl methyl sites for hydroxylation is 1. The van der Waals surface area contributed by atoms with Crippen LogP contribution in [0.15, 0.2) is 48.5 Å². The number of halogens is 1. The second-order valence-electron chi connectivity index (χ2n) is 7.98. The number of amides is 3. The molecule has 3 amide bonds. The van der Waals surface area contributed by atoms with Crippen LogP contribution in [0.1, 0.15) is 18.1 Å². The van der Waals surface area contributed by atoms with Crippen molar-refractivity contribution >= 4 is 29.2 Å². The number of imide groups is 1. The van der Waals surface area contributed by atoms with Gasteiger partial charge in [0.15, 0.2) is 6.67 Å². The van der Waals surface area contributed by atoms with Gasteiger partial charge in [-0.25, -0.2) is 9.69 Å². The summed E-state index contributed by atoms with van der Waals surface area (Å²) in [6.07, 6.45) is 0. The molecule has 4 rings (SSSR count). The first-order chi connectivity index (χ1) is 13.9. The molecule has 2 aromatic rings. The van der Waals surface area contributed by atoms with Crippen LogP contribution in [-0.2, 0) is 10.3 Å². The van der Waals surface area contributed by atoms with Crippen molar-refractivity contribution < 1.29 is 14.5 Å². The van der Waals surface area contributed by atoms with Crippen molar-refractivity contribution in [3.63, 3.8) is 0 Å². The summed E-state index contributed by atoms with van der Waals surface area (Å²) in [5.74, 6) is -0.186. The highest BCUT2D eigenvalue weighted by Crippen LogP contribution is 2.28. The molecule has 2 aliphatic rings. The Hall–Kier alpha value is -2.57. The van der Waals surface area contributed by atoms with Gasteiger partial charge in [0.1, 0.15) is 5.54 Å². The lowest BCUT2D eigenvalue weighted by Gasteiger charge is -2.35. The van der Waals surface area contributed by atoms with E-state index >= 15 is 0 Å². The molecule has 0 saturated carbocycles. The van der Waals surface area contributed by atoms with Gasteiger partial charge in [-0.1, -0.05) is 48.0 Å². The maximum atomic E-state index is 13.1. The molecule has 7 heteroatoms. The molecule has 2 fully saturated rings. The first-order valence-corrected chi connectivity index (χ1v) is 10.3. The van der Waals surface area contributed by atoms with Crippen molar-refractivity contribution in [3.05, 3.63) is 64.7 Å². The highest BCUT2D eigenvalue weighted by Gasteiger charge is 2.50. The van der Waals surface area contributed by atoms with Gasteiger partial charge in [-0.3, -0.25) is 4.79 Å². The molecule has 0 radical (unpaired) electrons. The molecule has 6 nitrogen and oxygen atoms in total. The lowest BCUT2D eigenvalue weighted by atomic mass is 9.92. The summed E-state index contributed by atoms with van der Waals surface area (Å²) in [5, 5.41) is 3.62. The third kappa shape index (κ3) is 3.70. The molecule has 2 heterocycles. The van der Waals surface area contributed by atoms with Crippen molar-refractivity contribution in [1.29, 1.82) is 0 Å². The number of hydrogen-bond acceptors (Lipinski definition) is 3. The van der Waals surface area contributed by atoms with Gasteiger partial charge in [0.2, 0.25) is 0 Å². The average molecular weight is 414 g/mol. The van der Waals surface area contributed by atoms with Crippen LogP contribution in [0.2, 0.25) is 5.02 Å². The molecule has 0 bridgehead atoms. The number of carbonyl (C=O) groups excluding carboxylic acids is 2. The second-order valence-corrected chi connectivity index (χ2v) is 8.42. The summed E-state index contributed by atoms with van der Waals surface area (Å²) >= 11 is 6.17. The van der Waals surface area contributed by atoms with E-state index in [-0.39, 0.29) is 11.9 Å². The number of carbonyl (C=O) groups is 2. The molecule has 0 spiro atoms. The van der Waals surface area contributed by atoms with E-state index in [4.69, 9.17) is 11.6 Å². The summed E-state index contributed by atoms with van der Waals surface area (Å²) in [5.41, 5.74) is 2.16. The molecule has 0 aliphatic carbocycles. The van der Waals surface area contributed by atoms with E-state index in [9.17, 15) is 9.59 Å². The standard InChI is InChI=1S/C22H25ClN4O2/c1-16-8-9-18(23)14-19(16)26-12-10-25(11-13-26)15-27-20(28)22(2,24-21(27)29)17-6-4-3-5-7-17/h3-9,14H,10-13,15H2,1-2H3,(H,24,29)/p+1/t22-/m0/s1. The molecule has 0 unspecified atom stereocenters. The van der Waals surface area contributed by atoms with Gasteiger partial charge in [-0.15, -0.1) is 0 Å². The number of urea groups is 1. The second kappa shape index (κ2) is 7.69. The van der Waals surface area contributed by atoms with E-state index in [0.29, 0.717) is 6.67 Å². The third-order valence-electron chi connectivity index (χ3n) is 5.99. The fourth-order valence-corrected chi connectivity index (χ4v) is 4.34. The Kier molecular flexibility index (Phi) is 5.23. The van der Waals surface area contributed by atoms with Crippen LogP contribution in [0.25, 0.3) is 0 Å². The van der Waals surface area contributed by atoms with Crippen LogP contribution in [-0.4, -0.2) is 49.7 Å².